The summed E-state index contributed by atoms with van der Waals surface area (Å²) >= 11 is 0. The smallest absolute Gasteiger partial charge is 0.276 e. The summed E-state index contributed by atoms with van der Waals surface area (Å²) in [6.07, 6.45) is 1.89. The maximum Gasteiger partial charge on any atom is 0.276 e. The van der Waals surface area contributed by atoms with E-state index < -0.39 is 11.8 Å². The molecule has 0 amide bonds. The van der Waals surface area contributed by atoms with Crippen LogP contribution in [0.2, 0.25) is 0 Å². The monoisotopic (exact) mass is 239 g/mol. The average molecular weight is 239 g/mol. The summed E-state index contributed by atoms with van der Waals surface area (Å²) in [4.78, 5) is 0. The van der Waals surface area contributed by atoms with Crippen LogP contribution in [0.25, 0.3) is 0 Å². The Bertz CT molecular complexity index is 403. The molecule has 2 rings (SSSR count). The van der Waals surface area contributed by atoms with E-state index in [4.69, 9.17) is 5.73 Å². The van der Waals surface area contributed by atoms with Crippen LogP contribution in [0.1, 0.15) is 37.8 Å². The highest BCUT2D eigenvalue weighted by Gasteiger charge is 2.47. The fraction of sp³-hybridized carbons (Fsp3) is 0.571. The van der Waals surface area contributed by atoms with E-state index in [1.165, 1.54) is 6.07 Å². The van der Waals surface area contributed by atoms with Gasteiger partial charge in [-0.25, -0.2) is 8.78 Å². The Hall–Kier alpha value is -0.960. The lowest BCUT2D eigenvalue weighted by Crippen LogP contribution is -2.34. The Morgan fingerprint density at radius 1 is 1.29 bits per heavy atom. The maximum absolute atomic E-state index is 13.9. The predicted molar refractivity (Wildman–Crippen MR) is 65.0 cm³/mol. The predicted octanol–water partition coefficient (Wildman–Crippen LogP) is 3.47. The number of nitrogens with two attached hydrogens (primary N) is 1. The molecule has 94 valence electrons. The van der Waals surface area contributed by atoms with Gasteiger partial charge in [-0.05, 0) is 44.7 Å². The number of rotatable bonds is 4. The van der Waals surface area contributed by atoms with Crippen molar-refractivity contribution in [2.45, 2.75) is 44.6 Å². The highest BCUT2D eigenvalue weighted by Crippen LogP contribution is 2.49. The van der Waals surface area contributed by atoms with Crippen molar-refractivity contribution in [2.24, 2.45) is 11.7 Å². The molecule has 1 nitrogen and oxygen atoms in total. The van der Waals surface area contributed by atoms with Crippen molar-refractivity contribution >= 4 is 0 Å². The van der Waals surface area contributed by atoms with E-state index >= 15 is 0 Å². The van der Waals surface area contributed by atoms with Gasteiger partial charge in [0.25, 0.3) is 5.92 Å². The topological polar surface area (TPSA) is 26.0 Å². The molecule has 0 heterocycles. The molecule has 0 saturated heterocycles. The summed E-state index contributed by atoms with van der Waals surface area (Å²) in [5.41, 5.74) is 6.57. The molecule has 3 heteroatoms. The molecule has 0 bridgehead atoms. The molecule has 1 saturated carbocycles. The molecule has 0 aliphatic heterocycles. The van der Waals surface area contributed by atoms with Crippen LogP contribution in [0, 0.1) is 5.92 Å². The number of alkyl halides is 2. The van der Waals surface area contributed by atoms with Crippen LogP contribution in [-0.4, -0.2) is 5.54 Å². The van der Waals surface area contributed by atoms with Crippen LogP contribution in [0.5, 0.6) is 0 Å². The third-order valence-corrected chi connectivity index (χ3v) is 3.06. The molecule has 0 aromatic heterocycles. The van der Waals surface area contributed by atoms with Gasteiger partial charge in [0, 0.05) is 17.0 Å². The van der Waals surface area contributed by atoms with Gasteiger partial charge in [0.2, 0.25) is 0 Å². The molecule has 17 heavy (non-hydrogen) atoms. The van der Waals surface area contributed by atoms with E-state index in [1.54, 1.807) is 12.1 Å². The highest BCUT2D eigenvalue weighted by molar-refractivity contribution is 5.29. The molecule has 2 N–H and O–H groups in total. The Morgan fingerprint density at radius 3 is 2.47 bits per heavy atom. The van der Waals surface area contributed by atoms with Gasteiger partial charge < -0.3 is 5.73 Å². The summed E-state index contributed by atoms with van der Waals surface area (Å²) in [5.74, 6) is -3.13. The molecule has 1 aliphatic rings. The Balaban J connectivity index is 2.22. The lowest BCUT2D eigenvalue weighted by Gasteiger charge is -2.21. The van der Waals surface area contributed by atoms with Crippen LogP contribution >= 0.6 is 0 Å². The number of hydrogen-bond donors (Lipinski definition) is 1. The van der Waals surface area contributed by atoms with Gasteiger partial charge >= 0.3 is 0 Å². The zero-order valence-electron chi connectivity index (χ0n) is 10.3. The van der Waals surface area contributed by atoms with Crippen molar-refractivity contribution in [3.05, 3.63) is 35.4 Å². The summed E-state index contributed by atoms with van der Waals surface area (Å²) in [6.45, 7) is 3.80. The molecular formula is C14H19F2N. The lowest BCUT2D eigenvalue weighted by molar-refractivity contribution is -0.0286. The van der Waals surface area contributed by atoms with Crippen molar-refractivity contribution in [1.29, 1.82) is 0 Å². The molecular weight excluding hydrogens is 220 g/mol. The third kappa shape index (κ3) is 3.03. The number of halogens is 2. The fourth-order valence-electron chi connectivity index (χ4n) is 2.10. The highest BCUT2D eigenvalue weighted by atomic mass is 19.3. The molecule has 1 aromatic rings. The molecule has 0 atom stereocenters. The Kier molecular flexibility index (Phi) is 2.98. The zero-order valence-corrected chi connectivity index (χ0v) is 10.3. The van der Waals surface area contributed by atoms with Crippen molar-refractivity contribution in [3.63, 3.8) is 0 Å². The van der Waals surface area contributed by atoms with E-state index in [2.05, 4.69) is 0 Å². The van der Waals surface area contributed by atoms with Gasteiger partial charge in [-0.1, -0.05) is 18.2 Å². The molecule has 1 aromatic carbocycles. The first-order valence-corrected chi connectivity index (χ1v) is 6.05. The van der Waals surface area contributed by atoms with Crippen molar-refractivity contribution in [3.8, 4) is 0 Å². The first-order valence-electron chi connectivity index (χ1n) is 6.05. The minimum Gasteiger partial charge on any atom is -0.325 e. The number of hydrogen-bond acceptors (Lipinski definition) is 1. The van der Waals surface area contributed by atoms with Gasteiger partial charge in [-0.2, -0.15) is 0 Å². The van der Waals surface area contributed by atoms with Gasteiger partial charge in [0.15, 0.2) is 0 Å². The average Bonchev–Trinajstić information content (AvgIpc) is 2.98. The molecule has 0 unspecified atom stereocenters. The Morgan fingerprint density at radius 2 is 1.94 bits per heavy atom. The van der Waals surface area contributed by atoms with E-state index in [-0.39, 0.29) is 11.1 Å². The van der Waals surface area contributed by atoms with Crippen LogP contribution in [0.3, 0.4) is 0 Å². The quantitative estimate of drug-likeness (QED) is 0.855. The summed E-state index contributed by atoms with van der Waals surface area (Å²) in [6, 6.07) is 6.69. The summed E-state index contributed by atoms with van der Waals surface area (Å²) in [7, 11) is 0. The van der Waals surface area contributed by atoms with E-state index in [1.807, 2.05) is 19.9 Å². The van der Waals surface area contributed by atoms with E-state index in [0.717, 1.165) is 5.56 Å². The van der Waals surface area contributed by atoms with E-state index in [9.17, 15) is 8.78 Å². The van der Waals surface area contributed by atoms with Crippen LogP contribution in [0.15, 0.2) is 24.3 Å². The summed E-state index contributed by atoms with van der Waals surface area (Å²) in [5, 5.41) is 0. The minimum absolute atomic E-state index is 0.141. The fourth-order valence-corrected chi connectivity index (χ4v) is 2.10. The second-order valence-corrected chi connectivity index (χ2v) is 5.76. The lowest BCUT2D eigenvalue weighted by atomic mass is 9.93. The van der Waals surface area contributed by atoms with Crippen molar-refractivity contribution < 1.29 is 8.78 Å². The van der Waals surface area contributed by atoms with E-state index in [0.29, 0.717) is 19.3 Å². The zero-order chi connectivity index (χ0) is 12.7. The second-order valence-electron chi connectivity index (χ2n) is 5.76. The second kappa shape index (κ2) is 4.05. The maximum atomic E-state index is 13.9. The number of benzene rings is 1. The van der Waals surface area contributed by atoms with Gasteiger partial charge in [0.1, 0.15) is 0 Å². The van der Waals surface area contributed by atoms with Crippen LogP contribution in [-0.2, 0) is 12.3 Å². The van der Waals surface area contributed by atoms with Gasteiger partial charge in [-0.3, -0.25) is 0 Å². The standard InChI is InChI=1S/C14H19F2N/c1-13(2,17)9-10-4-3-5-12(8-10)14(15,16)11-6-7-11/h3-5,8,11H,6-7,9,17H2,1-2H3. The molecule has 0 radical (unpaired) electrons. The molecule has 1 aliphatic carbocycles. The molecule has 0 spiro atoms. The van der Waals surface area contributed by atoms with Gasteiger partial charge in [-0.15, -0.1) is 0 Å². The van der Waals surface area contributed by atoms with Crippen molar-refractivity contribution in [2.75, 3.05) is 0 Å². The molecule has 1 fully saturated rings. The normalized spacial score (nSPS) is 17.2. The summed E-state index contributed by atoms with van der Waals surface area (Å²) < 4.78 is 27.8. The SMILES string of the molecule is CC(C)(N)Cc1cccc(C(F)(F)C2CC2)c1. The first kappa shape index (κ1) is 12.5. The third-order valence-electron chi connectivity index (χ3n) is 3.06. The first-order chi connectivity index (χ1) is 7.79. The minimum atomic E-state index is -2.67. The van der Waals surface area contributed by atoms with Crippen molar-refractivity contribution in [1.82, 2.24) is 0 Å². The van der Waals surface area contributed by atoms with Gasteiger partial charge in [0.05, 0.1) is 0 Å². The van der Waals surface area contributed by atoms with Crippen LogP contribution < -0.4 is 5.73 Å². The Labute approximate surface area is 101 Å². The largest absolute Gasteiger partial charge is 0.325 e. The van der Waals surface area contributed by atoms with Crippen LogP contribution in [0.4, 0.5) is 8.78 Å².